The molecule has 1 atom stereocenters. The smallest absolute Gasteiger partial charge is 0.335 e. The highest BCUT2D eigenvalue weighted by atomic mass is 32.2. The lowest BCUT2D eigenvalue weighted by Gasteiger charge is -2.17. The van der Waals surface area contributed by atoms with Gasteiger partial charge in [0.1, 0.15) is 5.75 Å². The molecule has 0 spiro atoms. The standard InChI is InChI=1S/C26H24N2O6S/c1-15-6-4-5-7-24(15)35(32,33)28-25(29)17-8-10-19(23(13-17)34-3)16(2)21-14-27-22-11-9-18(26(30)31)12-20(21)22/h4-14,16,27H,1-3H3,(H,28,29)(H,30,31). The quantitative estimate of drug-likeness (QED) is 0.350. The molecule has 1 aromatic heterocycles. The summed E-state index contributed by atoms with van der Waals surface area (Å²) in [6.07, 6.45) is 1.82. The minimum absolute atomic E-state index is 0.0330. The molecule has 0 radical (unpaired) electrons. The van der Waals surface area contributed by atoms with Crippen molar-refractivity contribution in [2.24, 2.45) is 0 Å². The van der Waals surface area contributed by atoms with Crippen LogP contribution in [0.15, 0.2) is 71.8 Å². The zero-order chi connectivity index (χ0) is 25.3. The summed E-state index contributed by atoms with van der Waals surface area (Å²) in [5, 5.41) is 10.1. The zero-order valence-corrected chi connectivity index (χ0v) is 20.1. The van der Waals surface area contributed by atoms with Gasteiger partial charge in [-0.1, -0.05) is 31.2 Å². The number of carbonyl (C=O) groups excluding carboxylic acids is 1. The number of rotatable bonds is 7. The van der Waals surface area contributed by atoms with E-state index in [1.807, 2.05) is 13.1 Å². The van der Waals surface area contributed by atoms with Crippen molar-refractivity contribution in [3.8, 4) is 5.75 Å². The maximum absolute atomic E-state index is 12.8. The number of H-pyrrole nitrogens is 1. The van der Waals surface area contributed by atoms with Gasteiger partial charge < -0.3 is 14.8 Å². The van der Waals surface area contributed by atoms with Crippen LogP contribution in [-0.2, 0) is 10.0 Å². The van der Waals surface area contributed by atoms with Crippen LogP contribution in [0, 0.1) is 6.92 Å². The SMILES string of the molecule is COc1cc(C(=O)NS(=O)(=O)c2ccccc2C)ccc1C(C)c1c[nH]c2ccc(C(=O)O)cc12. The van der Waals surface area contributed by atoms with E-state index in [2.05, 4.69) is 9.71 Å². The summed E-state index contributed by atoms with van der Waals surface area (Å²) in [5.41, 5.74) is 3.25. The Morgan fingerprint density at radius 1 is 1.00 bits per heavy atom. The number of hydrogen-bond donors (Lipinski definition) is 3. The number of amides is 1. The van der Waals surface area contributed by atoms with Crippen molar-refractivity contribution >= 4 is 32.8 Å². The van der Waals surface area contributed by atoms with Gasteiger partial charge in [-0.25, -0.2) is 17.9 Å². The molecule has 3 aromatic carbocycles. The van der Waals surface area contributed by atoms with E-state index in [1.54, 1.807) is 43.3 Å². The van der Waals surface area contributed by atoms with E-state index in [0.717, 1.165) is 22.0 Å². The number of nitrogens with one attached hydrogen (secondary N) is 2. The van der Waals surface area contributed by atoms with Crippen molar-refractivity contribution in [1.29, 1.82) is 0 Å². The summed E-state index contributed by atoms with van der Waals surface area (Å²) in [5.74, 6) is -1.60. The van der Waals surface area contributed by atoms with E-state index >= 15 is 0 Å². The average Bonchev–Trinajstić information content (AvgIpc) is 3.26. The molecule has 0 aliphatic carbocycles. The summed E-state index contributed by atoms with van der Waals surface area (Å²) in [4.78, 5) is 27.4. The van der Waals surface area contributed by atoms with Crippen LogP contribution in [0.3, 0.4) is 0 Å². The third kappa shape index (κ3) is 4.63. The number of carbonyl (C=O) groups is 2. The lowest BCUT2D eigenvalue weighted by atomic mass is 9.91. The molecule has 1 amide bonds. The van der Waals surface area contributed by atoms with Gasteiger partial charge >= 0.3 is 5.97 Å². The van der Waals surface area contributed by atoms with E-state index in [1.165, 1.54) is 31.4 Å². The predicted molar refractivity (Wildman–Crippen MR) is 132 cm³/mol. The van der Waals surface area contributed by atoms with Crippen molar-refractivity contribution in [1.82, 2.24) is 9.71 Å². The van der Waals surface area contributed by atoms with E-state index in [-0.39, 0.29) is 21.9 Å². The maximum atomic E-state index is 12.8. The van der Waals surface area contributed by atoms with Crippen LogP contribution < -0.4 is 9.46 Å². The van der Waals surface area contributed by atoms with Crippen molar-refractivity contribution in [3.05, 3.63) is 94.7 Å². The Balaban J connectivity index is 1.65. The molecule has 0 aliphatic heterocycles. The van der Waals surface area contributed by atoms with Crippen LogP contribution >= 0.6 is 0 Å². The molecule has 8 nitrogen and oxygen atoms in total. The molecule has 180 valence electrons. The summed E-state index contributed by atoms with van der Waals surface area (Å²) < 4.78 is 33.1. The first-order chi connectivity index (χ1) is 16.6. The summed E-state index contributed by atoms with van der Waals surface area (Å²) in [6.45, 7) is 3.60. The summed E-state index contributed by atoms with van der Waals surface area (Å²) in [6, 6.07) is 16.0. The van der Waals surface area contributed by atoms with Crippen molar-refractivity contribution < 1.29 is 27.9 Å². The van der Waals surface area contributed by atoms with Crippen molar-refractivity contribution in [2.45, 2.75) is 24.7 Å². The Morgan fingerprint density at radius 3 is 2.40 bits per heavy atom. The van der Waals surface area contributed by atoms with Crippen LogP contribution in [0.2, 0.25) is 0 Å². The number of fused-ring (bicyclic) bond motifs is 1. The first-order valence-corrected chi connectivity index (χ1v) is 12.3. The molecular formula is C26H24N2O6S. The highest BCUT2D eigenvalue weighted by Gasteiger charge is 2.23. The number of ether oxygens (including phenoxy) is 1. The van der Waals surface area contributed by atoms with Gasteiger partial charge in [0.2, 0.25) is 0 Å². The fraction of sp³-hybridized carbons (Fsp3) is 0.154. The number of carboxylic acid groups (broad SMARTS) is 1. The second-order valence-electron chi connectivity index (χ2n) is 8.19. The first kappa shape index (κ1) is 24.0. The van der Waals surface area contributed by atoms with Crippen LogP contribution in [0.4, 0.5) is 0 Å². The normalized spacial score (nSPS) is 12.3. The fourth-order valence-corrected chi connectivity index (χ4v) is 5.33. The summed E-state index contributed by atoms with van der Waals surface area (Å²) >= 11 is 0. The number of aromatic nitrogens is 1. The average molecular weight is 493 g/mol. The molecule has 0 fully saturated rings. The van der Waals surface area contributed by atoms with Gasteiger partial charge in [-0.2, -0.15) is 0 Å². The minimum atomic E-state index is -4.05. The lowest BCUT2D eigenvalue weighted by molar-refractivity contribution is 0.0696. The topological polar surface area (TPSA) is 126 Å². The molecule has 4 rings (SSSR count). The highest BCUT2D eigenvalue weighted by Crippen LogP contribution is 2.36. The van der Waals surface area contributed by atoms with Gasteiger partial charge in [-0.3, -0.25) is 4.79 Å². The Kier molecular flexibility index (Phi) is 6.36. The van der Waals surface area contributed by atoms with Crippen LogP contribution in [-0.4, -0.2) is 37.5 Å². The Labute approximate surface area is 202 Å². The van der Waals surface area contributed by atoms with E-state index in [0.29, 0.717) is 11.3 Å². The maximum Gasteiger partial charge on any atom is 0.335 e. The lowest BCUT2D eigenvalue weighted by Crippen LogP contribution is -2.31. The zero-order valence-electron chi connectivity index (χ0n) is 19.3. The first-order valence-electron chi connectivity index (χ1n) is 10.8. The van der Waals surface area contributed by atoms with Gasteiger partial charge in [0, 0.05) is 34.1 Å². The third-order valence-corrected chi connectivity index (χ3v) is 7.49. The Bertz CT molecular complexity index is 1560. The molecule has 0 saturated carbocycles. The van der Waals surface area contributed by atoms with E-state index < -0.39 is 21.9 Å². The largest absolute Gasteiger partial charge is 0.496 e. The molecule has 0 saturated heterocycles. The number of methoxy groups -OCH3 is 1. The Hall–Kier alpha value is -4.11. The number of carboxylic acids is 1. The monoisotopic (exact) mass is 492 g/mol. The van der Waals surface area contributed by atoms with Crippen molar-refractivity contribution in [3.63, 3.8) is 0 Å². The molecule has 4 aromatic rings. The molecule has 9 heteroatoms. The van der Waals surface area contributed by atoms with E-state index in [4.69, 9.17) is 4.74 Å². The number of sulfonamides is 1. The van der Waals surface area contributed by atoms with Crippen LogP contribution in [0.1, 0.15) is 50.2 Å². The fourth-order valence-electron chi connectivity index (χ4n) is 4.11. The van der Waals surface area contributed by atoms with Gasteiger partial charge in [0.05, 0.1) is 17.6 Å². The second kappa shape index (κ2) is 9.27. The summed E-state index contributed by atoms with van der Waals surface area (Å²) in [7, 11) is -2.58. The van der Waals surface area contributed by atoms with Crippen LogP contribution in [0.5, 0.6) is 5.75 Å². The van der Waals surface area contributed by atoms with Gasteiger partial charge in [0.15, 0.2) is 0 Å². The highest BCUT2D eigenvalue weighted by molar-refractivity contribution is 7.90. The molecule has 1 unspecified atom stereocenters. The molecule has 3 N–H and O–H groups in total. The molecule has 1 heterocycles. The Morgan fingerprint density at radius 2 is 1.71 bits per heavy atom. The third-order valence-electron chi connectivity index (χ3n) is 6.00. The number of aryl methyl sites for hydroxylation is 1. The molecule has 35 heavy (non-hydrogen) atoms. The number of hydrogen-bond acceptors (Lipinski definition) is 5. The second-order valence-corrected chi connectivity index (χ2v) is 9.84. The van der Waals surface area contributed by atoms with Crippen LogP contribution in [0.25, 0.3) is 10.9 Å². The minimum Gasteiger partial charge on any atom is -0.496 e. The molecule has 0 aliphatic rings. The van der Waals surface area contributed by atoms with Gasteiger partial charge in [-0.15, -0.1) is 0 Å². The van der Waals surface area contributed by atoms with Crippen molar-refractivity contribution in [2.75, 3.05) is 7.11 Å². The van der Waals surface area contributed by atoms with Gasteiger partial charge in [0.25, 0.3) is 15.9 Å². The predicted octanol–water partition coefficient (Wildman–Crippen LogP) is 4.45. The van der Waals surface area contributed by atoms with Gasteiger partial charge in [-0.05, 0) is 54.4 Å². The molecular weight excluding hydrogens is 468 g/mol. The number of aromatic carboxylic acids is 1. The van der Waals surface area contributed by atoms with E-state index in [9.17, 15) is 23.1 Å². The number of benzene rings is 3. The molecule has 0 bridgehead atoms. The number of aromatic amines is 1.